The van der Waals surface area contributed by atoms with Crippen LogP contribution in [0.3, 0.4) is 0 Å². The van der Waals surface area contributed by atoms with Crippen molar-refractivity contribution in [2.45, 2.75) is 32.6 Å². The minimum Gasteiger partial charge on any atom is -0.330 e. The number of ketones is 1. The first-order valence-electron chi connectivity index (χ1n) is 8.00. The predicted molar refractivity (Wildman–Crippen MR) is 91.0 cm³/mol. The molecule has 0 aliphatic heterocycles. The molecule has 0 fully saturated rings. The fourth-order valence-electron chi connectivity index (χ4n) is 2.50. The minimum atomic E-state index is 0.136. The van der Waals surface area contributed by atoms with Crippen molar-refractivity contribution in [1.29, 1.82) is 0 Å². The Hall–Kier alpha value is -1.41. The summed E-state index contributed by atoms with van der Waals surface area (Å²) in [5.74, 6) is 0.402. The SMILES string of the molecule is CCCCC[C@@H](C[N+](C)(C)C)C(=O)/C=C/c1ccccc1. The molecule has 0 unspecified atom stereocenters. The highest BCUT2D eigenvalue weighted by Gasteiger charge is 2.22. The number of hydrogen-bond acceptors (Lipinski definition) is 1. The van der Waals surface area contributed by atoms with Gasteiger partial charge in [-0.1, -0.05) is 62.6 Å². The predicted octanol–water partition coefficient (Wildman–Crippen LogP) is 4.17. The van der Waals surface area contributed by atoms with Crippen LogP contribution in [-0.2, 0) is 4.79 Å². The van der Waals surface area contributed by atoms with Crippen LogP contribution in [0.1, 0.15) is 38.2 Å². The second-order valence-corrected chi connectivity index (χ2v) is 6.81. The average Bonchev–Trinajstić information content (AvgIpc) is 2.44. The Labute approximate surface area is 130 Å². The van der Waals surface area contributed by atoms with Crippen molar-refractivity contribution in [3.05, 3.63) is 42.0 Å². The summed E-state index contributed by atoms with van der Waals surface area (Å²) < 4.78 is 0.835. The van der Waals surface area contributed by atoms with Crippen LogP contribution in [0.5, 0.6) is 0 Å². The maximum Gasteiger partial charge on any atom is 0.164 e. The number of carbonyl (C=O) groups is 1. The lowest BCUT2D eigenvalue weighted by atomic mass is 9.95. The van der Waals surface area contributed by atoms with E-state index in [1.54, 1.807) is 6.08 Å². The van der Waals surface area contributed by atoms with Crippen LogP contribution < -0.4 is 0 Å². The van der Waals surface area contributed by atoms with Crippen LogP contribution in [0.15, 0.2) is 36.4 Å². The Morgan fingerprint density at radius 3 is 2.38 bits per heavy atom. The molecule has 0 radical (unpaired) electrons. The van der Waals surface area contributed by atoms with Crippen molar-refractivity contribution in [1.82, 2.24) is 0 Å². The van der Waals surface area contributed by atoms with Gasteiger partial charge in [0, 0.05) is 0 Å². The minimum absolute atomic E-state index is 0.136. The van der Waals surface area contributed by atoms with Crippen LogP contribution in [0, 0.1) is 5.92 Å². The first kappa shape index (κ1) is 17.6. The van der Waals surface area contributed by atoms with E-state index in [9.17, 15) is 4.79 Å². The van der Waals surface area contributed by atoms with E-state index in [-0.39, 0.29) is 11.7 Å². The van der Waals surface area contributed by atoms with Crippen LogP contribution in [0.4, 0.5) is 0 Å². The average molecular weight is 288 g/mol. The lowest BCUT2D eigenvalue weighted by Gasteiger charge is -2.28. The van der Waals surface area contributed by atoms with E-state index in [2.05, 4.69) is 28.1 Å². The molecule has 0 saturated heterocycles. The highest BCUT2D eigenvalue weighted by atomic mass is 16.1. The molecule has 1 aromatic rings. The summed E-state index contributed by atoms with van der Waals surface area (Å²) in [7, 11) is 6.46. The lowest BCUT2D eigenvalue weighted by Crippen LogP contribution is -2.41. The smallest absolute Gasteiger partial charge is 0.164 e. The quantitative estimate of drug-likeness (QED) is 0.378. The third-order valence-corrected chi connectivity index (χ3v) is 3.57. The summed E-state index contributed by atoms with van der Waals surface area (Å²) in [5, 5.41) is 0. The molecule has 0 aliphatic carbocycles. The van der Waals surface area contributed by atoms with Crippen LogP contribution >= 0.6 is 0 Å². The highest BCUT2D eigenvalue weighted by molar-refractivity contribution is 5.95. The van der Waals surface area contributed by atoms with Gasteiger partial charge in [-0.25, -0.2) is 0 Å². The Balaban J connectivity index is 2.67. The zero-order valence-electron chi connectivity index (χ0n) is 14.0. The fourth-order valence-corrected chi connectivity index (χ4v) is 2.50. The molecule has 2 nitrogen and oxygen atoms in total. The third-order valence-electron chi connectivity index (χ3n) is 3.57. The van der Waals surface area contributed by atoms with E-state index in [0.29, 0.717) is 0 Å². The largest absolute Gasteiger partial charge is 0.330 e. The molecule has 2 heteroatoms. The van der Waals surface area contributed by atoms with Gasteiger partial charge in [-0.2, -0.15) is 0 Å². The van der Waals surface area contributed by atoms with E-state index in [0.717, 1.165) is 29.4 Å². The van der Waals surface area contributed by atoms with E-state index in [1.807, 2.05) is 36.4 Å². The molecular weight excluding hydrogens is 258 g/mol. The van der Waals surface area contributed by atoms with E-state index in [1.165, 1.54) is 12.8 Å². The summed E-state index contributed by atoms with van der Waals surface area (Å²) >= 11 is 0. The Morgan fingerprint density at radius 2 is 1.81 bits per heavy atom. The van der Waals surface area contributed by atoms with Gasteiger partial charge in [0.1, 0.15) is 0 Å². The van der Waals surface area contributed by atoms with E-state index >= 15 is 0 Å². The molecular formula is C19H30NO+. The molecule has 1 atom stereocenters. The molecule has 0 heterocycles. The molecule has 0 amide bonds. The number of carbonyl (C=O) groups excluding carboxylic acids is 1. The maximum absolute atomic E-state index is 12.5. The zero-order valence-corrected chi connectivity index (χ0v) is 14.0. The molecule has 1 aromatic carbocycles. The molecule has 0 saturated carbocycles. The Bertz CT molecular complexity index is 442. The van der Waals surface area contributed by atoms with Crippen molar-refractivity contribution < 1.29 is 9.28 Å². The summed E-state index contributed by atoms with van der Waals surface area (Å²) in [5.41, 5.74) is 1.09. The monoisotopic (exact) mass is 288 g/mol. The first-order chi connectivity index (χ1) is 9.92. The number of quaternary nitrogens is 1. The van der Waals surface area contributed by atoms with Crippen molar-refractivity contribution in [3.63, 3.8) is 0 Å². The molecule has 0 aromatic heterocycles. The number of allylic oxidation sites excluding steroid dienone is 1. The summed E-state index contributed by atoms with van der Waals surface area (Å²) in [6, 6.07) is 10.0. The second kappa shape index (κ2) is 8.78. The Morgan fingerprint density at radius 1 is 1.14 bits per heavy atom. The maximum atomic E-state index is 12.5. The van der Waals surface area contributed by atoms with Crippen molar-refractivity contribution in [2.75, 3.05) is 27.7 Å². The molecule has 0 aliphatic rings. The number of rotatable bonds is 9. The normalized spacial score (nSPS) is 13.5. The lowest BCUT2D eigenvalue weighted by molar-refractivity contribution is -0.872. The molecule has 116 valence electrons. The third kappa shape index (κ3) is 7.81. The van der Waals surface area contributed by atoms with Crippen LogP contribution in [0.2, 0.25) is 0 Å². The van der Waals surface area contributed by atoms with E-state index < -0.39 is 0 Å². The number of hydrogen-bond donors (Lipinski definition) is 0. The first-order valence-corrected chi connectivity index (χ1v) is 8.00. The van der Waals surface area contributed by atoms with Gasteiger partial charge in [0.05, 0.1) is 33.6 Å². The molecule has 1 rings (SSSR count). The topological polar surface area (TPSA) is 17.1 Å². The van der Waals surface area contributed by atoms with Gasteiger partial charge in [0.15, 0.2) is 5.78 Å². The van der Waals surface area contributed by atoms with Gasteiger partial charge < -0.3 is 4.48 Å². The second-order valence-electron chi connectivity index (χ2n) is 6.81. The fraction of sp³-hybridized carbons (Fsp3) is 0.526. The summed E-state index contributed by atoms with van der Waals surface area (Å²) in [4.78, 5) is 12.5. The van der Waals surface area contributed by atoms with Gasteiger partial charge in [0.2, 0.25) is 0 Å². The summed E-state index contributed by atoms with van der Waals surface area (Å²) in [6.45, 7) is 3.10. The molecule has 0 N–H and O–H groups in total. The van der Waals surface area contributed by atoms with Gasteiger partial charge in [-0.3, -0.25) is 4.79 Å². The van der Waals surface area contributed by atoms with Crippen LogP contribution in [-0.4, -0.2) is 38.0 Å². The zero-order chi connectivity index (χ0) is 15.7. The van der Waals surface area contributed by atoms with Gasteiger partial charge in [-0.05, 0) is 18.1 Å². The molecule has 0 spiro atoms. The number of unbranched alkanes of at least 4 members (excludes halogenated alkanes) is 2. The highest BCUT2D eigenvalue weighted by Crippen LogP contribution is 2.16. The van der Waals surface area contributed by atoms with Gasteiger partial charge in [-0.15, -0.1) is 0 Å². The number of benzene rings is 1. The van der Waals surface area contributed by atoms with Crippen molar-refractivity contribution >= 4 is 11.9 Å². The molecule has 21 heavy (non-hydrogen) atoms. The molecule has 0 bridgehead atoms. The Kier molecular flexibility index (Phi) is 7.38. The van der Waals surface area contributed by atoms with Crippen molar-refractivity contribution in [3.8, 4) is 0 Å². The standard InChI is InChI=1S/C19H30NO/c1-5-6-8-13-18(16-20(2,3)4)19(21)15-14-17-11-9-7-10-12-17/h7,9-12,14-15,18H,5-6,8,13,16H2,1-4H3/q+1/b15-14+/t18-/m0/s1. The van der Waals surface area contributed by atoms with E-state index in [4.69, 9.17) is 0 Å². The van der Waals surface area contributed by atoms with Gasteiger partial charge >= 0.3 is 0 Å². The van der Waals surface area contributed by atoms with Gasteiger partial charge in [0.25, 0.3) is 0 Å². The van der Waals surface area contributed by atoms with Crippen molar-refractivity contribution in [2.24, 2.45) is 5.92 Å². The summed E-state index contributed by atoms with van der Waals surface area (Å²) in [6.07, 6.45) is 8.26. The van der Waals surface area contributed by atoms with Crippen LogP contribution in [0.25, 0.3) is 6.08 Å². The number of nitrogens with zero attached hydrogens (tertiary/aromatic N) is 1.